The van der Waals surface area contributed by atoms with Crippen LogP contribution >= 0.6 is 23.2 Å². The van der Waals surface area contributed by atoms with E-state index in [1.807, 2.05) is 7.05 Å². The van der Waals surface area contributed by atoms with Crippen LogP contribution in [0.5, 0.6) is 11.6 Å². The summed E-state index contributed by atoms with van der Waals surface area (Å²) in [6.45, 7) is 2.09. The van der Waals surface area contributed by atoms with E-state index in [4.69, 9.17) is 27.9 Å². The molecule has 1 heterocycles. The van der Waals surface area contributed by atoms with E-state index in [2.05, 4.69) is 22.2 Å². The van der Waals surface area contributed by atoms with Crippen molar-refractivity contribution < 1.29 is 4.74 Å². The Morgan fingerprint density at radius 3 is 2.75 bits per heavy atom. The van der Waals surface area contributed by atoms with E-state index < -0.39 is 0 Å². The number of hydrogen-bond donors (Lipinski definition) is 1. The molecule has 0 unspecified atom stereocenters. The minimum atomic E-state index is 0.376. The Bertz CT molecular complexity index is 605. The molecule has 2 rings (SSSR count). The van der Waals surface area contributed by atoms with E-state index in [1.54, 1.807) is 18.2 Å². The fourth-order valence-corrected chi connectivity index (χ4v) is 2.17. The first-order valence-corrected chi connectivity index (χ1v) is 7.06. The number of rotatable bonds is 5. The van der Waals surface area contributed by atoms with Gasteiger partial charge in [-0.2, -0.15) is 0 Å². The van der Waals surface area contributed by atoms with E-state index in [9.17, 15) is 0 Å². The van der Waals surface area contributed by atoms with Gasteiger partial charge in [0.2, 0.25) is 5.88 Å². The van der Waals surface area contributed by atoms with Gasteiger partial charge in [-0.25, -0.2) is 9.97 Å². The SMILES string of the molecule is CCCc1c(NC)ncnc1Oc1cccc(Cl)c1Cl. The first-order valence-electron chi connectivity index (χ1n) is 6.30. The molecule has 2 aromatic rings. The van der Waals surface area contributed by atoms with Crippen LogP contribution in [0.1, 0.15) is 18.9 Å². The van der Waals surface area contributed by atoms with Crippen molar-refractivity contribution in [3.05, 3.63) is 40.1 Å². The Balaban J connectivity index is 2.40. The van der Waals surface area contributed by atoms with E-state index in [0.717, 1.165) is 24.2 Å². The van der Waals surface area contributed by atoms with Crippen molar-refractivity contribution in [2.24, 2.45) is 0 Å². The molecular weight excluding hydrogens is 297 g/mol. The summed E-state index contributed by atoms with van der Waals surface area (Å²) in [5.74, 6) is 1.74. The fraction of sp³-hybridized carbons (Fsp3) is 0.286. The fourth-order valence-electron chi connectivity index (χ4n) is 1.84. The third-order valence-corrected chi connectivity index (χ3v) is 3.57. The van der Waals surface area contributed by atoms with Crippen molar-refractivity contribution in [2.45, 2.75) is 19.8 Å². The number of nitrogens with zero attached hydrogens (tertiary/aromatic N) is 2. The van der Waals surface area contributed by atoms with Gasteiger partial charge in [-0.3, -0.25) is 0 Å². The molecule has 1 aromatic heterocycles. The molecule has 0 radical (unpaired) electrons. The molecule has 0 saturated heterocycles. The second-order valence-corrected chi connectivity index (χ2v) is 4.95. The minimum Gasteiger partial charge on any atom is -0.437 e. The first-order chi connectivity index (χ1) is 9.67. The summed E-state index contributed by atoms with van der Waals surface area (Å²) in [5, 5.41) is 3.87. The van der Waals surface area contributed by atoms with Gasteiger partial charge in [0, 0.05) is 7.05 Å². The zero-order valence-corrected chi connectivity index (χ0v) is 12.8. The molecule has 0 aliphatic heterocycles. The normalized spacial score (nSPS) is 10.4. The van der Waals surface area contributed by atoms with Crippen LogP contribution in [0.2, 0.25) is 10.0 Å². The highest BCUT2D eigenvalue weighted by Gasteiger charge is 2.14. The molecule has 0 bridgehead atoms. The van der Waals surface area contributed by atoms with Crippen molar-refractivity contribution in [1.29, 1.82) is 0 Å². The average molecular weight is 312 g/mol. The number of benzene rings is 1. The van der Waals surface area contributed by atoms with Crippen molar-refractivity contribution in [3.63, 3.8) is 0 Å². The monoisotopic (exact) mass is 311 g/mol. The highest BCUT2D eigenvalue weighted by atomic mass is 35.5. The Labute approximate surface area is 128 Å². The largest absolute Gasteiger partial charge is 0.437 e. The minimum absolute atomic E-state index is 0.376. The van der Waals surface area contributed by atoms with Crippen LogP contribution in [-0.4, -0.2) is 17.0 Å². The lowest BCUT2D eigenvalue weighted by molar-refractivity contribution is 0.454. The Morgan fingerprint density at radius 2 is 2.05 bits per heavy atom. The van der Waals surface area contributed by atoms with Gasteiger partial charge < -0.3 is 10.1 Å². The van der Waals surface area contributed by atoms with Crippen LogP contribution in [0.15, 0.2) is 24.5 Å². The Morgan fingerprint density at radius 1 is 1.25 bits per heavy atom. The van der Waals surface area contributed by atoms with E-state index in [-0.39, 0.29) is 0 Å². The third-order valence-electron chi connectivity index (χ3n) is 2.77. The van der Waals surface area contributed by atoms with Crippen molar-refractivity contribution in [3.8, 4) is 11.6 Å². The van der Waals surface area contributed by atoms with Gasteiger partial charge >= 0.3 is 0 Å². The molecule has 0 aliphatic carbocycles. The maximum absolute atomic E-state index is 6.13. The molecule has 106 valence electrons. The summed E-state index contributed by atoms with van der Waals surface area (Å²) in [4.78, 5) is 8.39. The molecule has 0 fully saturated rings. The number of aromatic nitrogens is 2. The molecule has 0 aliphatic rings. The second-order valence-electron chi connectivity index (χ2n) is 4.16. The second kappa shape index (κ2) is 6.77. The number of nitrogens with one attached hydrogen (secondary N) is 1. The predicted octanol–water partition coefficient (Wildman–Crippen LogP) is 4.57. The van der Waals surface area contributed by atoms with E-state index in [0.29, 0.717) is 21.7 Å². The lowest BCUT2D eigenvalue weighted by Crippen LogP contribution is -2.03. The van der Waals surface area contributed by atoms with Crippen LogP contribution in [0.3, 0.4) is 0 Å². The maximum Gasteiger partial charge on any atom is 0.227 e. The molecule has 0 atom stereocenters. The molecule has 1 N–H and O–H groups in total. The number of ether oxygens (including phenoxy) is 1. The molecule has 6 heteroatoms. The van der Waals surface area contributed by atoms with Crippen LogP contribution in [0.4, 0.5) is 5.82 Å². The van der Waals surface area contributed by atoms with Gasteiger partial charge in [0.05, 0.1) is 10.6 Å². The highest BCUT2D eigenvalue weighted by Crippen LogP contribution is 2.36. The van der Waals surface area contributed by atoms with Crippen LogP contribution in [0, 0.1) is 0 Å². The zero-order chi connectivity index (χ0) is 14.5. The molecule has 1 aromatic carbocycles. The smallest absolute Gasteiger partial charge is 0.227 e. The van der Waals surface area contributed by atoms with Gasteiger partial charge in [0.15, 0.2) is 0 Å². The number of hydrogen-bond acceptors (Lipinski definition) is 4. The summed E-state index contributed by atoms with van der Waals surface area (Å²) in [5.41, 5.74) is 0.925. The van der Waals surface area contributed by atoms with Gasteiger partial charge in [0.25, 0.3) is 0 Å². The van der Waals surface area contributed by atoms with Crippen LogP contribution < -0.4 is 10.1 Å². The first kappa shape index (κ1) is 14.9. The zero-order valence-electron chi connectivity index (χ0n) is 11.3. The maximum atomic E-state index is 6.13. The van der Waals surface area contributed by atoms with Crippen LogP contribution in [-0.2, 0) is 6.42 Å². The van der Waals surface area contributed by atoms with E-state index >= 15 is 0 Å². The summed E-state index contributed by atoms with van der Waals surface area (Å²) in [6.07, 6.45) is 3.23. The van der Waals surface area contributed by atoms with Crippen molar-refractivity contribution in [1.82, 2.24) is 9.97 Å². The number of halogens is 2. The molecule has 0 saturated carbocycles. The lowest BCUT2D eigenvalue weighted by atomic mass is 10.1. The summed E-state index contributed by atoms with van der Waals surface area (Å²) in [7, 11) is 1.82. The van der Waals surface area contributed by atoms with Gasteiger partial charge in [-0.15, -0.1) is 0 Å². The Kier molecular flexibility index (Phi) is 5.04. The molecule has 0 spiro atoms. The summed E-state index contributed by atoms with van der Waals surface area (Å²) < 4.78 is 5.81. The predicted molar refractivity (Wildman–Crippen MR) is 82.1 cm³/mol. The number of anilines is 1. The van der Waals surface area contributed by atoms with Gasteiger partial charge in [0.1, 0.15) is 22.9 Å². The van der Waals surface area contributed by atoms with Gasteiger partial charge in [-0.1, -0.05) is 42.6 Å². The Hall–Kier alpha value is -1.52. The summed E-state index contributed by atoms with van der Waals surface area (Å²) in [6, 6.07) is 5.25. The van der Waals surface area contributed by atoms with Gasteiger partial charge in [-0.05, 0) is 18.6 Å². The van der Waals surface area contributed by atoms with Crippen molar-refractivity contribution >= 4 is 29.0 Å². The molecule has 0 amide bonds. The lowest BCUT2D eigenvalue weighted by Gasteiger charge is -2.13. The van der Waals surface area contributed by atoms with Crippen LogP contribution in [0.25, 0.3) is 0 Å². The summed E-state index contributed by atoms with van der Waals surface area (Å²) >= 11 is 12.1. The third kappa shape index (κ3) is 3.14. The molecule has 20 heavy (non-hydrogen) atoms. The van der Waals surface area contributed by atoms with Crippen molar-refractivity contribution in [2.75, 3.05) is 12.4 Å². The standard InChI is InChI=1S/C14H15Cl2N3O/c1-3-5-9-13(17-2)18-8-19-14(9)20-11-7-4-6-10(15)12(11)16/h4,6-8H,3,5H2,1-2H3,(H,17,18,19). The average Bonchev–Trinajstić information content (AvgIpc) is 2.46. The van der Waals surface area contributed by atoms with E-state index in [1.165, 1.54) is 6.33 Å². The molecule has 4 nitrogen and oxygen atoms in total. The topological polar surface area (TPSA) is 47.0 Å². The quantitative estimate of drug-likeness (QED) is 0.878. The molecular formula is C14H15Cl2N3O. The highest BCUT2D eigenvalue weighted by molar-refractivity contribution is 6.42.